The molecule has 0 aromatic heterocycles. The molecule has 0 fully saturated rings. The van der Waals surface area contributed by atoms with Gasteiger partial charge in [0.2, 0.25) is 5.88 Å². The molecule has 1 atom stereocenters. The number of fused-ring (bicyclic) bond motifs is 1. The number of nitrogens with two attached hydrogens (primary N) is 1. The van der Waals surface area contributed by atoms with Gasteiger partial charge >= 0.3 is 5.97 Å². The van der Waals surface area contributed by atoms with Crippen LogP contribution in [0.2, 0.25) is 0 Å². The molecule has 40 heavy (non-hydrogen) atoms. The number of hydrogen-bond acceptors (Lipinski definition) is 8. The summed E-state index contributed by atoms with van der Waals surface area (Å²) in [6.45, 7) is 9.49. The number of benzene rings is 3. The average Bonchev–Trinajstić information content (AvgIpc) is 2.93. The Hall–Kier alpha value is -4.64. The summed E-state index contributed by atoms with van der Waals surface area (Å²) in [5.41, 5.74) is 8.29. The highest BCUT2D eigenvalue weighted by atomic mass is 16.5. The first-order chi connectivity index (χ1) is 19.4. The lowest BCUT2D eigenvalue weighted by Crippen LogP contribution is -2.21. The fraction of sp³-hybridized carbons (Fsp3) is 0.312. The second-order valence-corrected chi connectivity index (χ2v) is 9.61. The molecule has 3 aromatic rings. The van der Waals surface area contributed by atoms with Gasteiger partial charge in [0, 0.05) is 11.6 Å². The van der Waals surface area contributed by atoms with Crippen LogP contribution in [0.25, 0.3) is 0 Å². The van der Waals surface area contributed by atoms with Crippen LogP contribution >= 0.6 is 0 Å². The third-order valence-corrected chi connectivity index (χ3v) is 6.36. The highest BCUT2D eigenvalue weighted by Crippen LogP contribution is 2.45. The van der Waals surface area contributed by atoms with Gasteiger partial charge in [-0.25, -0.2) is 4.79 Å². The summed E-state index contributed by atoms with van der Waals surface area (Å²) >= 11 is 0. The predicted octanol–water partition coefficient (Wildman–Crippen LogP) is 6.35. The number of hydrogen-bond donors (Lipinski definition) is 1. The van der Waals surface area contributed by atoms with Gasteiger partial charge in [-0.3, -0.25) is 0 Å². The topological polar surface area (TPSA) is 113 Å². The first-order valence-corrected chi connectivity index (χ1v) is 13.4. The molecule has 208 valence electrons. The van der Waals surface area contributed by atoms with Crippen LogP contribution in [0, 0.1) is 17.2 Å². The normalized spacial score (nSPS) is 14.2. The van der Waals surface area contributed by atoms with Crippen LogP contribution in [0.3, 0.4) is 0 Å². The predicted molar refractivity (Wildman–Crippen MR) is 151 cm³/mol. The molecule has 8 heteroatoms. The van der Waals surface area contributed by atoms with E-state index in [4.69, 9.17) is 29.4 Å². The average molecular weight is 543 g/mol. The Morgan fingerprint density at radius 1 is 0.975 bits per heavy atom. The third kappa shape index (κ3) is 6.32. The van der Waals surface area contributed by atoms with E-state index in [0.717, 1.165) is 12.0 Å². The molecule has 3 aromatic carbocycles. The lowest BCUT2D eigenvalue weighted by molar-refractivity contribution is 0.0730. The Balaban J connectivity index is 1.66. The largest absolute Gasteiger partial charge is 0.493 e. The Kier molecular flexibility index (Phi) is 9.18. The number of carbonyl (C=O) groups is 1. The summed E-state index contributed by atoms with van der Waals surface area (Å²) in [6.07, 6.45) is 0.919. The molecule has 1 heterocycles. The quantitative estimate of drug-likeness (QED) is 0.220. The summed E-state index contributed by atoms with van der Waals surface area (Å²) in [6, 6.07) is 19.7. The number of ether oxygens (including phenoxy) is 5. The van der Waals surface area contributed by atoms with Crippen LogP contribution in [0.5, 0.6) is 28.7 Å². The molecule has 8 nitrogen and oxygen atoms in total. The van der Waals surface area contributed by atoms with Crippen LogP contribution in [0.1, 0.15) is 61.5 Å². The van der Waals surface area contributed by atoms with Crippen LogP contribution in [0.15, 0.2) is 72.1 Å². The standard InChI is InChI=1S/C32H34N2O6/c1-5-36-26-10-8-7-9-24(26)32(35)39-22-12-13-23-28(18-22)40-31(34)25(19-33)30(23)21-11-14-27(29(17-21)37-6-2)38-16-15-20(3)4/h7-14,17-18,20,30H,5-6,15-16,34H2,1-4H3. The van der Waals surface area contributed by atoms with Crippen LogP contribution < -0.4 is 29.4 Å². The lowest BCUT2D eigenvalue weighted by Gasteiger charge is -2.27. The number of para-hydroxylation sites is 1. The zero-order chi connectivity index (χ0) is 28.6. The number of carbonyl (C=O) groups excluding carboxylic acids is 1. The molecule has 1 unspecified atom stereocenters. The van der Waals surface area contributed by atoms with Crippen LogP contribution in [-0.4, -0.2) is 25.8 Å². The highest BCUT2D eigenvalue weighted by molar-refractivity contribution is 5.94. The van der Waals surface area contributed by atoms with Gasteiger partial charge in [-0.15, -0.1) is 0 Å². The zero-order valence-corrected chi connectivity index (χ0v) is 23.2. The molecule has 2 N–H and O–H groups in total. The van der Waals surface area contributed by atoms with Gasteiger partial charge in [0.1, 0.15) is 34.5 Å². The molecule has 0 spiro atoms. The van der Waals surface area contributed by atoms with Crippen molar-refractivity contribution in [2.45, 2.75) is 40.0 Å². The van der Waals surface area contributed by atoms with Gasteiger partial charge < -0.3 is 29.4 Å². The lowest BCUT2D eigenvalue weighted by atomic mass is 9.83. The monoisotopic (exact) mass is 542 g/mol. The van der Waals surface area contributed by atoms with E-state index in [1.165, 1.54) is 0 Å². The summed E-state index contributed by atoms with van der Waals surface area (Å²) in [7, 11) is 0. The Bertz CT molecular complexity index is 1440. The van der Waals surface area contributed by atoms with Gasteiger partial charge in [-0.05, 0) is 62.1 Å². The van der Waals surface area contributed by atoms with Gasteiger partial charge in [-0.1, -0.05) is 38.1 Å². The first kappa shape index (κ1) is 28.4. The minimum atomic E-state index is -0.563. The molecule has 0 amide bonds. The zero-order valence-electron chi connectivity index (χ0n) is 23.2. The maximum atomic E-state index is 12.9. The maximum Gasteiger partial charge on any atom is 0.347 e. The van der Waals surface area contributed by atoms with E-state index in [1.807, 2.05) is 32.0 Å². The number of esters is 1. The number of rotatable bonds is 11. The summed E-state index contributed by atoms with van der Waals surface area (Å²) in [4.78, 5) is 12.9. The molecule has 0 saturated heterocycles. The van der Waals surface area contributed by atoms with Gasteiger partial charge in [-0.2, -0.15) is 5.26 Å². The molecule has 0 aliphatic carbocycles. The Morgan fingerprint density at radius 2 is 1.73 bits per heavy atom. The fourth-order valence-corrected chi connectivity index (χ4v) is 4.42. The smallest absolute Gasteiger partial charge is 0.347 e. The van der Waals surface area contributed by atoms with E-state index in [9.17, 15) is 10.1 Å². The van der Waals surface area contributed by atoms with E-state index in [0.29, 0.717) is 59.9 Å². The molecule has 1 aliphatic heterocycles. The van der Waals surface area contributed by atoms with E-state index in [1.54, 1.807) is 42.5 Å². The minimum Gasteiger partial charge on any atom is -0.493 e. The van der Waals surface area contributed by atoms with Crippen molar-refractivity contribution in [3.8, 4) is 34.8 Å². The van der Waals surface area contributed by atoms with E-state index in [-0.39, 0.29) is 17.2 Å². The minimum absolute atomic E-state index is 0.0135. The van der Waals surface area contributed by atoms with Crippen molar-refractivity contribution >= 4 is 5.97 Å². The summed E-state index contributed by atoms with van der Waals surface area (Å²) in [5, 5.41) is 9.98. The molecule has 1 aliphatic rings. The second-order valence-electron chi connectivity index (χ2n) is 9.61. The molecule has 0 radical (unpaired) electrons. The van der Waals surface area contributed by atoms with Crippen molar-refractivity contribution < 1.29 is 28.5 Å². The fourth-order valence-electron chi connectivity index (χ4n) is 4.42. The molecular weight excluding hydrogens is 508 g/mol. The maximum absolute atomic E-state index is 12.9. The highest BCUT2D eigenvalue weighted by Gasteiger charge is 2.32. The Morgan fingerprint density at radius 3 is 2.45 bits per heavy atom. The number of nitriles is 1. The van der Waals surface area contributed by atoms with Crippen LogP contribution in [0.4, 0.5) is 0 Å². The molecule has 0 saturated carbocycles. The third-order valence-electron chi connectivity index (χ3n) is 6.36. The first-order valence-electron chi connectivity index (χ1n) is 13.4. The molecular formula is C32H34N2O6. The van der Waals surface area contributed by atoms with Crippen molar-refractivity contribution in [2.75, 3.05) is 19.8 Å². The van der Waals surface area contributed by atoms with Crippen molar-refractivity contribution in [1.82, 2.24) is 0 Å². The summed E-state index contributed by atoms with van der Waals surface area (Å²) in [5.74, 6) is 1.76. The summed E-state index contributed by atoms with van der Waals surface area (Å²) < 4.78 is 28.9. The number of nitrogens with zero attached hydrogens (tertiary/aromatic N) is 1. The van der Waals surface area contributed by atoms with Crippen molar-refractivity contribution in [3.05, 3.63) is 88.8 Å². The van der Waals surface area contributed by atoms with E-state index < -0.39 is 11.9 Å². The van der Waals surface area contributed by atoms with Crippen molar-refractivity contribution in [2.24, 2.45) is 11.7 Å². The van der Waals surface area contributed by atoms with Gasteiger partial charge in [0.05, 0.1) is 25.7 Å². The second kappa shape index (κ2) is 12.9. The molecule has 4 rings (SSSR count). The van der Waals surface area contributed by atoms with E-state index >= 15 is 0 Å². The van der Waals surface area contributed by atoms with Crippen molar-refractivity contribution in [3.63, 3.8) is 0 Å². The Labute approximate surface area is 234 Å². The number of allylic oxidation sites excluding steroid dienone is 1. The molecule has 0 bridgehead atoms. The SMILES string of the molecule is CCOc1cc(C2C(C#N)=C(N)Oc3cc(OC(=O)c4ccccc4OCC)ccc32)ccc1OCCC(C)C. The van der Waals surface area contributed by atoms with Gasteiger partial charge in [0.25, 0.3) is 0 Å². The van der Waals surface area contributed by atoms with Gasteiger partial charge in [0.15, 0.2) is 11.5 Å². The van der Waals surface area contributed by atoms with E-state index in [2.05, 4.69) is 19.9 Å². The van der Waals surface area contributed by atoms with Crippen molar-refractivity contribution in [1.29, 1.82) is 5.26 Å². The van der Waals surface area contributed by atoms with Crippen LogP contribution in [-0.2, 0) is 0 Å².